The van der Waals surface area contributed by atoms with Crippen molar-refractivity contribution in [3.63, 3.8) is 0 Å². The third-order valence-corrected chi connectivity index (χ3v) is 2.68. The Morgan fingerprint density at radius 3 is 2.88 bits per heavy atom. The van der Waals surface area contributed by atoms with E-state index in [4.69, 9.17) is 4.74 Å². The smallest absolute Gasteiger partial charge is 0.209 e. The third kappa shape index (κ3) is 5.47. The van der Waals surface area contributed by atoms with Crippen LogP contribution in [-0.4, -0.2) is 49.2 Å². The van der Waals surface area contributed by atoms with Crippen molar-refractivity contribution in [2.24, 2.45) is 0 Å². The molecule has 1 atom stereocenters. The van der Waals surface area contributed by atoms with E-state index in [9.17, 15) is 4.79 Å². The molecule has 0 spiro atoms. The molecule has 94 valence electrons. The van der Waals surface area contributed by atoms with Crippen LogP contribution in [0.15, 0.2) is 0 Å². The van der Waals surface area contributed by atoms with Crippen molar-refractivity contribution >= 4 is 6.41 Å². The van der Waals surface area contributed by atoms with Crippen molar-refractivity contribution in [2.75, 3.05) is 26.2 Å². The van der Waals surface area contributed by atoms with E-state index in [-0.39, 0.29) is 11.6 Å². The van der Waals surface area contributed by atoms with Crippen molar-refractivity contribution in [2.45, 2.75) is 45.3 Å². The van der Waals surface area contributed by atoms with Crippen molar-refractivity contribution in [1.82, 2.24) is 10.2 Å². The molecule has 1 heterocycles. The van der Waals surface area contributed by atoms with Crippen molar-refractivity contribution in [1.29, 1.82) is 0 Å². The monoisotopic (exact) mass is 228 g/mol. The molecule has 0 aromatic carbocycles. The molecule has 0 aromatic rings. The predicted molar refractivity (Wildman–Crippen MR) is 64.4 cm³/mol. The van der Waals surface area contributed by atoms with E-state index in [0.717, 1.165) is 38.9 Å². The van der Waals surface area contributed by atoms with Gasteiger partial charge in [-0.15, -0.1) is 0 Å². The lowest BCUT2D eigenvalue weighted by molar-refractivity contribution is -0.125. The summed E-state index contributed by atoms with van der Waals surface area (Å²) in [7, 11) is 0. The van der Waals surface area contributed by atoms with Gasteiger partial charge in [0.05, 0.1) is 12.7 Å². The molecular formula is C12H24N2O2. The average molecular weight is 228 g/mol. The van der Waals surface area contributed by atoms with Gasteiger partial charge < -0.3 is 15.0 Å². The largest absolute Gasteiger partial charge is 0.375 e. The predicted octanol–water partition coefficient (Wildman–Crippen LogP) is 1.01. The van der Waals surface area contributed by atoms with Crippen molar-refractivity contribution in [3.8, 4) is 0 Å². The van der Waals surface area contributed by atoms with Crippen LogP contribution in [0.25, 0.3) is 0 Å². The molecule has 0 bridgehead atoms. The fourth-order valence-corrected chi connectivity index (χ4v) is 1.81. The summed E-state index contributed by atoms with van der Waals surface area (Å²) in [5.41, 5.74) is 0.183. The highest BCUT2D eigenvalue weighted by Crippen LogP contribution is 2.09. The summed E-state index contributed by atoms with van der Waals surface area (Å²) < 4.78 is 5.61. The summed E-state index contributed by atoms with van der Waals surface area (Å²) in [5, 5.41) is 3.45. The van der Waals surface area contributed by atoms with Gasteiger partial charge in [-0.25, -0.2) is 0 Å². The zero-order chi connectivity index (χ0) is 12.0. The molecule has 1 N–H and O–H groups in total. The highest BCUT2D eigenvalue weighted by Gasteiger charge is 2.18. The zero-order valence-electron chi connectivity index (χ0n) is 10.7. The van der Waals surface area contributed by atoms with Crippen LogP contribution in [-0.2, 0) is 9.53 Å². The van der Waals surface area contributed by atoms with Gasteiger partial charge in [-0.2, -0.15) is 0 Å². The fraction of sp³-hybridized carbons (Fsp3) is 0.917. The molecule has 4 nitrogen and oxygen atoms in total. The second kappa shape index (κ2) is 6.21. The molecule has 1 aliphatic heterocycles. The average Bonchev–Trinajstić information content (AvgIpc) is 2.23. The highest BCUT2D eigenvalue weighted by molar-refractivity contribution is 5.47. The van der Waals surface area contributed by atoms with E-state index in [0.29, 0.717) is 6.61 Å². The molecule has 1 rings (SSSR count). The second-order valence-corrected chi connectivity index (χ2v) is 5.41. The number of hydrogen-bond donors (Lipinski definition) is 1. The normalized spacial score (nSPS) is 22.2. The van der Waals surface area contributed by atoms with E-state index < -0.39 is 0 Å². The molecule has 0 aliphatic carbocycles. The van der Waals surface area contributed by atoms with Gasteiger partial charge in [-0.1, -0.05) is 0 Å². The maximum absolute atomic E-state index is 10.6. The molecule has 1 saturated heterocycles. The summed E-state index contributed by atoms with van der Waals surface area (Å²) in [5.74, 6) is 0. The van der Waals surface area contributed by atoms with Gasteiger partial charge in [-0.3, -0.25) is 4.79 Å². The van der Waals surface area contributed by atoms with Crippen LogP contribution in [0.4, 0.5) is 0 Å². The lowest BCUT2D eigenvalue weighted by Crippen LogP contribution is -2.42. The molecule has 0 radical (unpaired) electrons. The van der Waals surface area contributed by atoms with Crippen LogP contribution in [0.2, 0.25) is 0 Å². The Labute approximate surface area is 98.3 Å². The standard InChI is InChI=1S/C12H24N2O2/c1-12(2,3)13-6-4-5-11-9-14(10-15)7-8-16-11/h10-11,13H,4-9H2,1-3H3. The topological polar surface area (TPSA) is 41.6 Å². The minimum Gasteiger partial charge on any atom is -0.375 e. The Hall–Kier alpha value is -0.610. The SMILES string of the molecule is CC(C)(C)NCCCC1CN(C=O)CCO1. The van der Waals surface area contributed by atoms with E-state index >= 15 is 0 Å². The summed E-state index contributed by atoms with van der Waals surface area (Å²) in [6, 6.07) is 0. The fourth-order valence-electron chi connectivity index (χ4n) is 1.81. The zero-order valence-corrected chi connectivity index (χ0v) is 10.7. The second-order valence-electron chi connectivity index (χ2n) is 5.41. The van der Waals surface area contributed by atoms with Crippen LogP contribution in [0.5, 0.6) is 0 Å². The number of amides is 1. The van der Waals surface area contributed by atoms with Crippen molar-refractivity contribution in [3.05, 3.63) is 0 Å². The van der Waals surface area contributed by atoms with Gasteiger partial charge in [-0.05, 0) is 40.2 Å². The van der Waals surface area contributed by atoms with Crippen LogP contribution in [0, 0.1) is 0 Å². The Bertz CT molecular complexity index is 214. The molecule has 0 saturated carbocycles. The number of carbonyl (C=O) groups excluding carboxylic acids is 1. The molecule has 16 heavy (non-hydrogen) atoms. The van der Waals surface area contributed by atoms with Crippen LogP contribution in [0.3, 0.4) is 0 Å². The van der Waals surface area contributed by atoms with Gasteiger partial charge >= 0.3 is 0 Å². The maximum atomic E-state index is 10.6. The lowest BCUT2D eigenvalue weighted by Gasteiger charge is -2.30. The Kier molecular flexibility index (Phi) is 5.22. The molecule has 1 aliphatic rings. The van der Waals surface area contributed by atoms with Crippen LogP contribution in [0.1, 0.15) is 33.6 Å². The minimum atomic E-state index is 0.183. The van der Waals surface area contributed by atoms with Crippen molar-refractivity contribution < 1.29 is 9.53 Å². The molecule has 1 amide bonds. The Morgan fingerprint density at radius 2 is 2.25 bits per heavy atom. The first kappa shape index (κ1) is 13.5. The lowest BCUT2D eigenvalue weighted by atomic mass is 10.1. The first-order valence-corrected chi connectivity index (χ1v) is 6.07. The van der Waals surface area contributed by atoms with Crippen LogP contribution < -0.4 is 5.32 Å². The summed E-state index contributed by atoms with van der Waals surface area (Å²) in [4.78, 5) is 12.4. The van der Waals surface area contributed by atoms with Gasteiger partial charge in [0.1, 0.15) is 0 Å². The molecular weight excluding hydrogens is 204 g/mol. The third-order valence-electron chi connectivity index (χ3n) is 2.68. The molecule has 1 fully saturated rings. The number of carbonyl (C=O) groups is 1. The van der Waals surface area contributed by atoms with E-state index in [2.05, 4.69) is 26.1 Å². The highest BCUT2D eigenvalue weighted by atomic mass is 16.5. The van der Waals surface area contributed by atoms with E-state index in [1.54, 1.807) is 4.90 Å². The van der Waals surface area contributed by atoms with Gasteiger partial charge in [0.2, 0.25) is 6.41 Å². The minimum absolute atomic E-state index is 0.183. The maximum Gasteiger partial charge on any atom is 0.209 e. The number of nitrogens with one attached hydrogen (secondary N) is 1. The summed E-state index contributed by atoms with van der Waals surface area (Å²) in [6.07, 6.45) is 3.26. The van der Waals surface area contributed by atoms with Gasteiger partial charge in [0.25, 0.3) is 0 Å². The van der Waals surface area contributed by atoms with Gasteiger partial charge in [0.15, 0.2) is 0 Å². The molecule has 4 heteroatoms. The number of ether oxygens (including phenoxy) is 1. The first-order valence-electron chi connectivity index (χ1n) is 6.07. The van der Waals surface area contributed by atoms with Crippen LogP contribution >= 0.6 is 0 Å². The van der Waals surface area contributed by atoms with E-state index in [1.807, 2.05) is 0 Å². The van der Waals surface area contributed by atoms with Gasteiger partial charge in [0, 0.05) is 18.6 Å². The first-order chi connectivity index (χ1) is 7.51. The summed E-state index contributed by atoms with van der Waals surface area (Å²) in [6.45, 7) is 9.66. The number of hydrogen-bond acceptors (Lipinski definition) is 3. The Morgan fingerprint density at radius 1 is 1.50 bits per heavy atom. The summed E-state index contributed by atoms with van der Waals surface area (Å²) >= 11 is 0. The Balaban J connectivity index is 2.10. The quantitative estimate of drug-likeness (QED) is 0.564. The number of morpholine rings is 1. The number of rotatable bonds is 5. The molecule has 1 unspecified atom stereocenters. The van der Waals surface area contributed by atoms with E-state index in [1.165, 1.54) is 0 Å². The molecule has 0 aromatic heterocycles. The number of nitrogens with zero attached hydrogens (tertiary/aromatic N) is 1.